The summed E-state index contributed by atoms with van der Waals surface area (Å²) in [6.45, 7) is 0. The highest BCUT2D eigenvalue weighted by Crippen LogP contribution is 2.37. The first-order valence-corrected chi connectivity index (χ1v) is 8.75. The summed E-state index contributed by atoms with van der Waals surface area (Å²) < 4.78 is 8.72. The van der Waals surface area contributed by atoms with Crippen LogP contribution < -0.4 is 5.32 Å². The minimum Gasteiger partial charge on any atom is -0.480 e. The van der Waals surface area contributed by atoms with Crippen molar-refractivity contribution in [3.8, 4) is 0 Å². The second-order valence-corrected chi connectivity index (χ2v) is 6.77. The van der Waals surface area contributed by atoms with E-state index in [9.17, 15) is 9.90 Å². The van der Waals surface area contributed by atoms with E-state index in [0.717, 1.165) is 38.8 Å². The van der Waals surface area contributed by atoms with Crippen molar-refractivity contribution < 1.29 is 9.90 Å². The molecular weight excluding hydrogens is 336 g/mol. The number of carboxylic acid groups (broad SMARTS) is 1. The first-order valence-electron chi connectivity index (χ1n) is 8.02. The van der Waals surface area contributed by atoms with Gasteiger partial charge in [0.15, 0.2) is 0 Å². The molecule has 3 heterocycles. The van der Waals surface area contributed by atoms with Crippen LogP contribution >= 0.6 is 11.7 Å². The monoisotopic (exact) mass is 350 g/mol. The fourth-order valence-corrected chi connectivity index (χ4v) is 4.26. The number of carboxylic acids is 1. The van der Waals surface area contributed by atoms with Crippen LogP contribution in [0.5, 0.6) is 0 Å². The number of para-hydroxylation sites is 1. The normalized spacial score (nSPS) is 20.0. The third-order valence-corrected chi connectivity index (χ3v) is 5.38. The summed E-state index contributed by atoms with van der Waals surface area (Å²) in [5.41, 5.74) is 5.70. The van der Waals surface area contributed by atoms with E-state index in [-0.39, 0.29) is 6.04 Å². The van der Waals surface area contributed by atoms with Crippen LogP contribution in [0, 0.1) is 0 Å². The van der Waals surface area contributed by atoms with Crippen LogP contribution in [-0.2, 0) is 11.2 Å². The zero-order chi connectivity index (χ0) is 17.0. The summed E-state index contributed by atoms with van der Waals surface area (Å²) >= 11 is 1.17. The molecule has 7 heteroatoms. The number of aliphatic carboxylic acids is 1. The smallest absolute Gasteiger partial charge is 0.321 e. The lowest BCUT2D eigenvalue weighted by Gasteiger charge is -2.29. The Hall–Kier alpha value is -2.77. The summed E-state index contributed by atoms with van der Waals surface area (Å²) in [5.74, 6) is -0.843. The minimum atomic E-state index is -0.843. The third kappa shape index (κ3) is 2.16. The van der Waals surface area contributed by atoms with Crippen LogP contribution in [0.15, 0.2) is 42.5 Å². The van der Waals surface area contributed by atoms with Gasteiger partial charge in [0.2, 0.25) is 0 Å². The van der Waals surface area contributed by atoms with Gasteiger partial charge in [-0.25, -0.2) is 0 Å². The van der Waals surface area contributed by atoms with Crippen molar-refractivity contribution in [3.63, 3.8) is 0 Å². The molecular formula is C18H14N4O2S. The first kappa shape index (κ1) is 14.6. The summed E-state index contributed by atoms with van der Waals surface area (Å²) in [6.07, 6.45) is 0.455. The second-order valence-electron chi connectivity index (χ2n) is 6.24. The number of hydrogen-bond donors (Lipinski definition) is 3. The molecule has 1 aliphatic heterocycles. The van der Waals surface area contributed by atoms with E-state index in [0.29, 0.717) is 6.42 Å². The number of benzene rings is 2. The average Bonchev–Trinajstić information content (AvgIpc) is 3.25. The molecule has 0 aliphatic carbocycles. The molecule has 4 aromatic rings. The van der Waals surface area contributed by atoms with Crippen molar-refractivity contribution in [1.29, 1.82) is 0 Å². The number of nitrogens with one attached hydrogen (secondary N) is 2. The summed E-state index contributed by atoms with van der Waals surface area (Å²) in [7, 11) is 0. The van der Waals surface area contributed by atoms with Crippen molar-refractivity contribution in [2.24, 2.45) is 0 Å². The molecule has 3 N–H and O–H groups in total. The van der Waals surface area contributed by atoms with Gasteiger partial charge in [-0.15, -0.1) is 0 Å². The SMILES string of the molecule is O=C(O)[C@@H]1Cc2c([nH]c3ccccc23)[C@H](c2cccc3nsnc23)N1. The number of aromatic nitrogens is 3. The molecule has 0 fully saturated rings. The Labute approximate surface area is 146 Å². The van der Waals surface area contributed by atoms with E-state index < -0.39 is 12.0 Å². The molecule has 2 atom stereocenters. The largest absolute Gasteiger partial charge is 0.480 e. The maximum absolute atomic E-state index is 11.7. The number of rotatable bonds is 2. The Balaban J connectivity index is 1.77. The number of aromatic amines is 1. The van der Waals surface area contributed by atoms with Crippen LogP contribution in [0.2, 0.25) is 0 Å². The van der Waals surface area contributed by atoms with Gasteiger partial charge in [-0.05, 0) is 17.7 Å². The Morgan fingerprint density at radius 1 is 1.16 bits per heavy atom. The quantitative estimate of drug-likeness (QED) is 0.517. The molecule has 0 saturated carbocycles. The average molecular weight is 350 g/mol. The van der Waals surface area contributed by atoms with E-state index in [2.05, 4.69) is 19.0 Å². The number of H-pyrrole nitrogens is 1. The highest BCUT2D eigenvalue weighted by Gasteiger charge is 2.34. The number of nitrogens with zero attached hydrogens (tertiary/aromatic N) is 2. The molecule has 0 amide bonds. The maximum Gasteiger partial charge on any atom is 0.321 e. The molecule has 2 aromatic carbocycles. The molecule has 0 spiro atoms. The van der Waals surface area contributed by atoms with Crippen LogP contribution in [-0.4, -0.2) is 30.8 Å². The van der Waals surface area contributed by atoms with E-state index in [1.54, 1.807) is 0 Å². The summed E-state index contributed by atoms with van der Waals surface area (Å²) in [5, 5.41) is 14.0. The Kier molecular flexibility index (Phi) is 3.13. The fourth-order valence-electron chi connectivity index (χ4n) is 3.70. The molecule has 2 aromatic heterocycles. The highest BCUT2D eigenvalue weighted by molar-refractivity contribution is 7.00. The van der Waals surface area contributed by atoms with Crippen molar-refractivity contribution in [2.45, 2.75) is 18.5 Å². The van der Waals surface area contributed by atoms with Gasteiger partial charge < -0.3 is 10.1 Å². The van der Waals surface area contributed by atoms with Crippen molar-refractivity contribution in [1.82, 2.24) is 19.0 Å². The molecule has 124 valence electrons. The van der Waals surface area contributed by atoms with E-state index in [4.69, 9.17) is 0 Å². The van der Waals surface area contributed by atoms with Gasteiger partial charge in [0.05, 0.1) is 17.8 Å². The van der Waals surface area contributed by atoms with Gasteiger partial charge in [0, 0.05) is 28.6 Å². The lowest BCUT2D eigenvalue weighted by atomic mass is 9.90. The minimum absolute atomic E-state index is 0.259. The van der Waals surface area contributed by atoms with Crippen LogP contribution in [0.25, 0.3) is 21.9 Å². The molecule has 1 aliphatic rings. The Morgan fingerprint density at radius 2 is 2.04 bits per heavy atom. The number of carbonyl (C=O) groups is 1. The molecule has 0 unspecified atom stereocenters. The topological polar surface area (TPSA) is 90.9 Å². The fraction of sp³-hybridized carbons (Fsp3) is 0.167. The van der Waals surface area contributed by atoms with Gasteiger partial charge in [-0.1, -0.05) is 30.3 Å². The third-order valence-electron chi connectivity index (χ3n) is 4.84. The van der Waals surface area contributed by atoms with Gasteiger partial charge in [0.1, 0.15) is 17.1 Å². The van der Waals surface area contributed by atoms with Crippen molar-refractivity contribution in [2.75, 3.05) is 0 Å². The van der Waals surface area contributed by atoms with Crippen LogP contribution in [0.3, 0.4) is 0 Å². The predicted octanol–water partition coefficient (Wildman–Crippen LogP) is 2.86. The summed E-state index contributed by atoms with van der Waals surface area (Å²) in [4.78, 5) is 15.2. The lowest BCUT2D eigenvalue weighted by Crippen LogP contribution is -2.45. The zero-order valence-electron chi connectivity index (χ0n) is 13.1. The predicted molar refractivity (Wildman–Crippen MR) is 95.8 cm³/mol. The number of hydrogen-bond acceptors (Lipinski definition) is 5. The molecule has 25 heavy (non-hydrogen) atoms. The van der Waals surface area contributed by atoms with Gasteiger partial charge in [-0.2, -0.15) is 8.75 Å². The number of fused-ring (bicyclic) bond motifs is 4. The zero-order valence-corrected chi connectivity index (χ0v) is 13.9. The Bertz CT molecular complexity index is 1120. The molecule has 0 saturated heterocycles. The van der Waals surface area contributed by atoms with Crippen molar-refractivity contribution >= 4 is 39.6 Å². The van der Waals surface area contributed by atoms with Gasteiger partial charge >= 0.3 is 5.97 Å². The Morgan fingerprint density at radius 3 is 2.92 bits per heavy atom. The standard InChI is InChI=1S/C18H14N4O2S/c23-18(24)14-8-11-9-4-1-2-6-12(9)19-17(11)16(20-14)10-5-3-7-13-15(10)22-25-21-13/h1-7,14,16,19-20H,8H2,(H,23,24)/t14-,16-/m0/s1. The van der Waals surface area contributed by atoms with Crippen molar-refractivity contribution in [3.05, 3.63) is 59.3 Å². The molecule has 0 radical (unpaired) electrons. The van der Waals surface area contributed by atoms with Crippen LogP contribution in [0.1, 0.15) is 22.9 Å². The lowest BCUT2D eigenvalue weighted by molar-refractivity contribution is -0.139. The van der Waals surface area contributed by atoms with Gasteiger partial charge in [0.25, 0.3) is 0 Å². The molecule has 5 rings (SSSR count). The second kappa shape index (κ2) is 5.37. The summed E-state index contributed by atoms with van der Waals surface area (Å²) in [6, 6.07) is 13.0. The van der Waals surface area contributed by atoms with Gasteiger partial charge in [-0.3, -0.25) is 10.1 Å². The first-order chi connectivity index (χ1) is 12.2. The maximum atomic E-state index is 11.7. The van der Waals surface area contributed by atoms with E-state index in [1.165, 1.54) is 11.7 Å². The van der Waals surface area contributed by atoms with E-state index in [1.807, 2.05) is 42.5 Å². The molecule has 0 bridgehead atoms. The highest BCUT2D eigenvalue weighted by atomic mass is 32.1. The van der Waals surface area contributed by atoms with E-state index >= 15 is 0 Å². The van der Waals surface area contributed by atoms with Crippen LogP contribution in [0.4, 0.5) is 0 Å². The molecule has 6 nitrogen and oxygen atoms in total.